The van der Waals surface area contributed by atoms with Crippen LogP contribution < -0.4 is 0 Å². The molecule has 1 aliphatic carbocycles. The van der Waals surface area contributed by atoms with Crippen LogP contribution in [-0.2, 0) is 4.79 Å². The van der Waals surface area contributed by atoms with E-state index in [-0.39, 0.29) is 0 Å². The van der Waals surface area contributed by atoms with Crippen molar-refractivity contribution >= 4 is 5.91 Å². The molecule has 1 aliphatic heterocycles. The lowest BCUT2D eigenvalue weighted by atomic mass is 9.86. The highest BCUT2D eigenvalue weighted by atomic mass is 16.2. The van der Waals surface area contributed by atoms with Gasteiger partial charge in [0.1, 0.15) is 0 Å². The van der Waals surface area contributed by atoms with E-state index in [9.17, 15) is 4.79 Å². The predicted molar refractivity (Wildman–Crippen MR) is 66.2 cm³/mol. The summed E-state index contributed by atoms with van der Waals surface area (Å²) in [4.78, 5) is 14.3. The van der Waals surface area contributed by atoms with Gasteiger partial charge in [-0.3, -0.25) is 4.79 Å². The maximum absolute atomic E-state index is 12.1. The van der Waals surface area contributed by atoms with Crippen LogP contribution in [0.2, 0.25) is 0 Å². The van der Waals surface area contributed by atoms with Crippen LogP contribution in [0.3, 0.4) is 0 Å². The molecule has 1 saturated heterocycles. The summed E-state index contributed by atoms with van der Waals surface area (Å²) in [5.41, 5.74) is 0. The maximum atomic E-state index is 12.1. The van der Waals surface area contributed by atoms with E-state index < -0.39 is 0 Å². The molecular formula is C14H25NO. The second-order valence-electron chi connectivity index (χ2n) is 5.50. The van der Waals surface area contributed by atoms with E-state index in [0.717, 1.165) is 19.5 Å². The van der Waals surface area contributed by atoms with Crippen LogP contribution >= 0.6 is 0 Å². The Morgan fingerprint density at radius 3 is 2.06 bits per heavy atom. The first-order chi connectivity index (χ1) is 7.86. The molecular weight excluding hydrogens is 198 g/mol. The van der Waals surface area contributed by atoms with Gasteiger partial charge in [-0.1, -0.05) is 32.1 Å². The van der Waals surface area contributed by atoms with Gasteiger partial charge in [0, 0.05) is 19.5 Å². The Balaban J connectivity index is 1.76. The van der Waals surface area contributed by atoms with E-state index in [1.807, 2.05) is 0 Å². The van der Waals surface area contributed by atoms with Crippen molar-refractivity contribution in [3.05, 3.63) is 0 Å². The van der Waals surface area contributed by atoms with E-state index in [2.05, 4.69) is 4.90 Å². The highest BCUT2D eigenvalue weighted by Gasteiger charge is 2.21. The molecule has 92 valence electrons. The Bertz CT molecular complexity index is 213. The molecule has 16 heavy (non-hydrogen) atoms. The molecule has 2 nitrogen and oxygen atoms in total. The number of carbonyl (C=O) groups is 1. The zero-order chi connectivity index (χ0) is 11.2. The Kier molecular flexibility index (Phi) is 4.68. The standard InChI is InChI=1S/C14H25NO/c16-14(12-13-8-4-3-5-9-13)15-10-6-1-2-7-11-15/h13H,1-12H2. The topological polar surface area (TPSA) is 20.3 Å². The number of amides is 1. The van der Waals surface area contributed by atoms with Crippen LogP contribution in [0.1, 0.15) is 64.2 Å². The van der Waals surface area contributed by atoms with E-state index in [0.29, 0.717) is 11.8 Å². The first-order valence-corrected chi connectivity index (χ1v) is 7.14. The number of nitrogens with zero attached hydrogens (tertiary/aromatic N) is 1. The van der Waals surface area contributed by atoms with Crippen LogP contribution in [0, 0.1) is 5.92 Å². The van der Waals surface area contributed by atoms with E-state index in [4.69, 9.17) is 0 Å². The van der Waals surface area contributed by atoms with E-state index in [1.165, 1.54) is 57.8 Å². The summed E-state index contributed by atoms with van der Waals surface area (Å²) >= 11 is 0. The van der Waals surface area contributed by atoms with Crippen molar-refractivity contribution in [2.45, 2.75) is 64.2 Å². The largest absolute Gasteiger partial charge is 0.343 e. The summed E-state index contributed by atoms with van der Waals surface area (Å²) in [5.74, 6) is 1.14. The van der Waals surface area contributed by atoms with Crippen molar-refractivity contribution in [3.63, 3.8) is 0 Å². The average molecular weight is 223 g/mol. The second-order valence-corrected chi connectivity index (χ2v) is 5.50. The zero-order valence-electron chi connectivity index (χ0n) is 10.4. The van der Waals surface area contributed by atoms with Crippen molar-refractivity contribution < 1.29 is 4.79 Å². The van der Waals surface area contributed by atoms with E-state index >= 15 is 0 Å². The molecule has 2 aliphatic rings. The molecule has 0 bridgehead atoms. The lowest BCUT2D eigenvalue weighted by Gasteiger charge is -2.25. The van der Waals surface area contributed by atoms with Crippen molar-refractivity contribution in [2.24, 2.45) is 5.92 Å². The molecule has 0 N–H and O–H groups in total. The number of rotatable bonds is 2. The molecule has 2 heteroatoms. The Hall–Kier alpha value is -0.530. The minimum atomic E-state index is 0.439. The third-order valence-electron chi connectivity index (χ3n) is 4.15. The molecule has 0 aromatic rings. The summed E-state index contributed by atoms with van der Waals surface area (Å²) < 4.78 is 0. The van der Waals surface area contributed by atoms with Crippen LogP contribution in [0.15, 0.2) is 0 Å². The first-order valence-electron chi connectivity index (χ1n) is 7.14. The van der Waals surface area contributed by atoms with Gasteiger partial charge in [-0.2, -0.15) is 0 Å². The van der Waals surface area contributed by atoms with Crippen molar-refractivity contribution in [3.8, 4) is 0 Å². The van der Waals surface area contributed by atoms with E-state index in [1.54, 1.807) is 0 Å². The van der Waals surface area contributed by atoms with Crippen molar-refractivity contribution in [1.82, 2.24) is 4.90 Å². The molecule has 1 saturated carbocycles. The maximum Gasteiger partial charge on any atom is 0.222 e. The number of carbonyl (C=O) groups excluding carboxylic acids is 1. The molecule has 0 spiro atoms. The Labute approximate surface area is 99.4 Å². The minimum absolute atomic E-state index is 0.439. The molecule has 1 amide bonds. The van der Waals surface area contributed by atoms with Gasteiger partial charge >= 0.3 is 0 Å². The molecule has 2 fully saturated rings. The predicted octanol–water partition coefficient (Wildman–Crippen LogP) is 3.36. The van der Waals surface area contributed by atoms with Crippen LogP contribution in [-0.4, -0.2) is 23.9 Å². The smallest absolute Gasteiger partial charge is 0.222 e. The first kappa shape index (κ1) is 11.9. The van der Waals surface area contributed by atoms with Gasteiger partial charge in [-0.15, -0.1) is 0 Å². The van der Waals surface area contributed by atoms with Gasteiger partial charge in [0.25, 0.3) is 0 Å². The fourth-order valence-corrected chi connectivity index (χ4v) is 3.09. The lowest BCUT2D eigenvalue weighted by molar-refractivity contribution is -0.132. The van der Waals surface area contributed by atoms with Crippen molar-refractivity contribution in [2.75, 3.05) is 13.1 Å². The molecule has 2 rings (SSSR count). The number of likely N-dealkylation sites (tertiary alicyclic amines) is 1. The second kappa shape index (κ2) is 6.27. The number of hydrogen-bond acceptors (Lipinski definition) is 1. The van der Waals surface area contributed by atoms with Gasteiger partial charge in [0.2, 0.25) is 5.91 Å². The third-order valence-corrected chi connectivity index (χ3v) is 4.15. The summed E-state index contributed by atoms with van der Waals surface area (Å²) in [7, 11) is 0. The SMILES string of the molecule is O=C(CC1CCCCC1)N1CCCCCC1. The fourth-order valence-electron chi connectivity index (χ4n) is 3.09. The molecule has 1 heterocycles. The summed E-state index contributed by atoms with van der Waals surface area (Å²) in [6, 6.07) is 0. The van der Waals surface area contributed by atoms with Crippen molar-refractivity contribution in [1.29, 1.82) is 0 Å². The fraction of sp³-hybridized carbons (Fsp3) is 0.929. The molecule has 0 aromatic carbocycles. The normalized spacial score (nSPS) is 24.1. The molecule has 0 atom stereocenters. The summed E-state index contributed by atoms with van der Waals surface area (Å²) in [5, 5.41) is 0. The quantitative estimate of drug-likeness (QED) is 0.703. The lowest BCUT2D eigenvalue weighted by Crippen LogP contribution is -2.33. The molecule has 0 radical (unpaired) electrons. The summed E-state index contributed by atoms with van der Waals surface area (Å²) in [6.45, 7) is 2.04. The highest BCUT2D eigenvalue weighted by molar-refractivity contribution is 5.76. The Morgan fingerprint density at radius 1 is 0.875 bits per heavy atom. The van der Waals surface area contributed by atoms with Crippen LogP contribution in [0.25, 0.3) is 0 Å². The minimum Gasteiger partial charge on any atom is -0.343 e. The molecule has 0 aromatic heterocycles. The van der Waals surface area contributed by atoms with Crippen LogP contribution in [0.5, 0.6) is 0 Å². The van der Waals surface area contributed by atoms with Gasteiger partial charge in [0.15, 0.2) is 0 Å². The number of hydrogen-bond donors (Lipinski definition) is 0. The molecule has 0 unspecified atom stereocenters. The van der Waals surface area contributed by atoms with Gasteiger partial charge in [-0.05, 0) is 31.6 Å². The van der Waals surface area contributed by atoms with Gasteiger partial charge in [0.05, 0.1) is 0 Å². The summed E-state index contributed by atoms with van der Waals surface area (Å²) in [6.07, 6.45) is 12.6. The monoisotopic (exact) mass is 223 g/mol. The van der Waals surface area contributed by atoms with Crippen LogP contribution in [0.4, 0.5) is 0 Å². The van der Waals surface area contributed by atoms with Gasteiger partial charge in [-0.25, -0.2) is 0 Å². The third kappa shape index (κ3) is 3.50. The average Bonchev–Trinajstić information content (AvgIpc) is 2.59. The van der Waals surface area contributed by atoms with Gasteiger partial charge < -0.3 is 4.90 Å². The Morgan fingerprint density at radius 2 is 1.44 bits per heavy atom. The zero-order valence-corrected chi connectivity index (χ0v) is 10.4. The highest BCUT2D eigenvalue weighted by Crippen LogP contribution is 2.27.